The standard InChI is InChI=1S/C55H76N4O10/c1-9-10-11-12-13-14-15-16-17-21-24-50(62)58(5)46(36-69-35-40-22-19-18-20-23-40)54(65)56-39(4)47(60)28-30-51(63)59(6)52-42-27-29-49(67-7)44(34-42)43-32-41(26-25-37(43)2)33-45(55(66)68-8)57-53(64)38(3)31-48(52)61/h18-20,22-23,25-27,29,32,34,38-39,45-46,52H,9-17,21,24,28,30-31,33,35-36H2,1-8H3,(H,56,65)(H,57,64)/t38-,39-,45+,46-,52+/m1/s1. The summed E-state index contributed by atoms with van der Waals surface area (Å²) in [5.41, 5.74) is 4.45. The number of nitrogens with one attached hydrogen (secondary N) is 2. The van der Waals surface area contributed by atoms with Gasteiger partial charge in [0, 0.05) is 57.7 Å². The van der Waals surface area contributed by atoms with E-state index in [-0.39, 0.29) is 51.2 Å². The second-order valence-corrected chi connectivity index (χ2v) is 18.5. The minimum absolute atomic E-state index is 0.0924. The van der Waals surface area contributed by atoms with Crippen LogP contribution in [0.5, 0.6) is 5.75 Å². The van der Waals surface area contributed by atoms with Crippen LogP contribution in [0.1, 0.15) is 139 Å². The molecule has 5 atom stereocenters. The highest BCUT2D eigenvalue weighted by Crippen LogP contribution is 2.37. The van der Waals surface area contributed by atoms with Crippen LogP contribution in [0.3, 0.4) is 0 Å². The fraction of sp³-hybridized carbons (Fsp3) is 0.545. The van der Waals surface area contributed by atoms with E-state index in [0.29, 0.717) is 23.3 Å². The van der Waals surface area contributed by atoms with E-state index in [1.807, 2.05) is 55.5 Å². The number of ketones is 2. The number of amides is 4. The van der Waals surface area contributed by atoms with Gasteiger partial charge in [0.05, 0.1) is 33.5 Å². The molecule has 3 aromatic carbocycles. The molecule has 0 aliphatic carbocycles. The number of unbranched alkanes of at least 4 members (excludes halogenated alkanes) is 9. The summed E-state index contributed by atoms with van der Waals surface area (Å²) < 4.78 is 16.7. The molecule has 0 fully saturated rings. The predicted octanol–water partition coefficient (Wildman–Crippen LogP) is 8.19. The lowest BCUT2D eigenvalue weighted by atomic mass is 9.89. The largest absolute Gasteiger partial charge is 0.496 e. The molecule has 376 valence electrons. The van der Waals surface area contributed by atoms with Crippen molar-refractivity contribution in [3.63, 3.8) is 0 Å². The molecular formula is C55H76N4O10. The fourth-order valence-electron chi connectivity index (χ4n) is 8.71. The van der Waals surface area contributed by atoms with Gasteiger partial charge in [-0.15, -0.1) is 0 Å². The molecule has 4 amide bonds. The number of ether oxygens (including phenoxy) is 3. The predicted molar refractivity (Wildman–Crippen MR) is 266 cm³/mol. The summed E-state index contributed by atoms with van der Waals surface area (Å²) in [6, 6.07) is 16.2. The Hall–Kier alpha value is -5.89. The van der Waals surface area contributed by atoms with Crippen LogP contribution in [-0.4, -0.2) is 104 Å². The highest BCUT2D eigenvalue weighted by Gasteiger charge is 2.34. The third kappa shape index (κ3) is 16.9. The third-order valence-electron chi connectivity index (χ3n) is 13.1. The van der Waals surface area contributed by atoms with Crippen molar-refractivity contribution in [2.75, 3.05) is 34.9 Å². The summed E-state index contributed by atoms with van der Waals surface area (Å²) in [6.07, 6.45) is 11.0. The van der Waals surface area contributed by atoms with Gasteiger partial charge in [0.2, 0.25) is 23.6 Å². The van der Waals surface area contributed by atoms with Gasteiger partial charge in [0.15, 0.2) is 11.6 Å². The van der Waals surface area contributed by atoms with Crippen LogP contribution in [0, 0.1) is 12.8 Å². The molecule has 69 heavy (non-hydrogen) atoms. The maximum atomic E-state index is 14.4. The molecule has 0 saturated carbocycles. The number of hydrogen-bond donors (Lipinski definition) is 2. The number of aryl methyl sites for hydroxylation is 1. The zero-order valence-corrected chi connectivity index (χ0v) is 42.2. The first-order valence-corrected chi connectivity index (χ1v) is 24.7. The topological polar surface area (TPSA) is 178 Å². The quantitative estimate of drug-likeness (QED) is 0.0622. The molecule has 4 rings (SSSR count). The van der Waals surface area contributed by atoms with Crippen molar-refractivity contribution < 1.29 is 47.8 Å². The number of fused-ring (bicyclic) bond motifs is 5. The van der Waals surface area contributed by atoms with Gasteiger partial charge in [-0.2, -0.15) is 0 Å². The Morgan fingerprint density at radius 2 is 1.45 bits per heavy atom. The maximum absolute atomic E-state index is 14.4. The highest BCUT2D eigenvalue weighted by atomic mass is 16.5. The molecular weight excluding hydrogens is 877 g/mol. The number of benzene rings is 3. The third-order valence-corrected chi connectivity index (χ3v) is 13.1. The van der Waals surface area contributed by atoms with Crippen molar-refractivity contribution in [1.29, 1.82) is 0 Å². The van der Waals surface area contributed by atoms with E-state index in [4.69, 9.17) is 14.2 Å². The molecule has 0 spiro atoms. The normalized spacial score (nSPS) is 16.8. The van der Waals surface area contributed by atoms with Crippen LogP contribution < -0.4 is 15.4 Å². The molecule has 0 saturated heterocycles. The fourth-order valence-corrected chi connectivity index (χ4v) is 8.71. The summed E-state index contributed by atoms with van der Waals surface area (Å²) in [7, 11) is 5.85. The van der Waals surface area contributed by atoms with Gasteiger partial charge in [-0.25, -0.2) is 4.79 Å². The van der Waals surface area contributed by atoms with E-state index in [1.54, 1.807) is 32.2 Å². The van der Waals surface area contributed by atoms with Gasteiger partial charge in [-0.3, -0.25) is 28.8 Å². The van der Waals surface area contributed by atoms with Crippen molar-refractivity contribution in [1.82, 2.24) is 20.4 Å². The van der Waals surface area contributed by atoms with Gasteiger partial charge in [-0.1, -0.05) is 126 Å². The number of Topliss-reactive ketones (excluding diaryl/α,β-unsaturated/α-hetero) is 2. The van der Waals surface area contributed by atoms with Gasteiger partial charge in [0.1, 0.15) is 23.9 Å². The lowest BCUT2D eigenvalue weighted by Crippen LogP contribution is -2.53. The Balaban J connectivity index is 1.46. The summed E-state index contributed by atoms with van der Waals surface area (Å²) in [4.78, 5) is 98.5. The van der Waals surface area contributed by atoms with Crippen LogP contribution >= 0.6 is 0 Å². The van der Waals surface area contributed by atoms with E-state index in [0.717, 1.165) is 41.5 Å². The molecule has 1 aliphatic heterocycles. The first-order valence-electron chi connectivity index (χ1n) is 24.7. The Morgan fingerprint density at radius 1 is 0.783 bits per heavy atom. The average Bonchev–Trinajstić information content (AvgIpc) is 3.34. The molecule has 14 nitrogen and oxygen atoms in total. The summed E-state index contributed by atoms with van der Waals surface area (Å²) in [5.74, 6) is -3.61. The average molecular weight is 953 g/mol. The molecule has 0 radical (unpaired) electrons. The minimum atomic E-state index is -1.16. The van der Waals surface area contributed by atoms with Crippen molar-refractivity contribution in [3.8, 4) is 16.9 Å². The van der Waals surface area contributed by atoms with E-state index in [1.165, 1.54) is 76.5 Å². The first-order chi connectivity index (χ1) is 33.1. The Morgan fingerprint density at radius 3 is 2.10 bits per heavy atom. The van der Waals surface area contributed by atoms with Gasteiger partial charge in [0.25, 0.3) is 0 Å². The van der Waals surface area contributed by atoms with E-state index in [2.05, 4.69) is 17.6 Å². The number of esters is 1. The first kappa shape index (κ1) is 55.7. The molecule has 1 aliphatic rings. The van der Waals surface area contributed by atoms with Crippen LogP contribution in [0.4, 0.5) is 0 Å². The van der Waals surface area contributed by atoms with Gasteiger partial charge < -0.3 is 34.6 Å². The van der Waals surface area contributed by atoms with E-state index in [9.17, 15) is 33.6 Å². The van der Waals surface area contributed by atoms with Crippen molar-refractivity contribution in [2.24, 2.45) is 5.92 Å². The smallest absolute Gasteiger partial charge is 0.328 e. The van der Waals surface area contributed by atoms with Crippen molar-refractivity contribution >= 4 is 41.2 Å². The summed E-state index contributed by atoms with van der Waals surface area (Å²) >= 11 is 0. The number of rotatable bonds is 25. The molecule has 4 bridgehead atoms. The van der Waals surface area contributed by atoms with Gasteiger partial charge in [-0.05, 0) is 60.2 Å². The van der Waals surface area contributed by atoms with Crippen LogP contribution in [0.2, 0.25) is 0 Å². The second kappa shape index (κ2) is 28.6. The number of carbonyl (C=O) groups excluding carboxylic acids is 7. The molecule has 1 heterocycles. The van der Waals surface area contributed by atoms with Crippen LogP contribution in [0.25, 0.3) is 11.1 Å². The molecule has 0 aromatic heterocycles. The van der Waals surface area contributed by atoms with E-state index < -0.39 is 65.3 Å². The zero-order chi connectivity index (χ0) is 50.5. The van der Waals surface area contributed by atoms with Crippen molar-refractivity contribution in [2.45, 2.75) is 155 Å². The number of carbonyl (C=O) groups is 7. The Kier molecular flexibility index (Phi) is 23.1. The Bertz CT molecular complexity index is 2200. The number of methoxy groups -OCH3 is 2. The maximum Gasteiger partial charge on any atom is 0.328 e. The molecule has 3 aromatic rings. The summed E-state index contributed by atoms with van der Waals surface area (Å²) in [5, 5.41) is 5.53. The van der Waals surface area contributed by atoms with Gasteiger partial charge >= 0.3 is 5.97 Å². The van der Waals surface area contributed by atoms with Crippen molar-refractivity contribution in [3.05, 3.63) is 89.0 Å². The second-order valence-electron chi connectivity index (χ2n) is 18.5. The van der Waals surface area contributed by atoms with E-state index >= 15 is 0 Å². The van der Waals surface area contributed by atoms with Crippen LogP contribution in [0.15, 0.2) is 66.7 Å². The number of nitrogens with zero attached hydrogens (tertiary/aromatic N) is 2. The molecule has 2 N–H and O–H groups in total. The molecule has 14 heteroatoms. The number of likely N-dealkylation sites (N-methyl/N-ethyl adjacent to an activating group) is 2. The monoisotopic (exact) mass is 953 g/mol. The SMILES string of the molecule is CCCCCCCCCCCCC(=O)N(C)[C@H](COCc1ccccc1)C(=O)N[C@H](C)C(=O)CCC(=O)N(C)[C@@H]1C(=O)C[C@@H](C)C(=O)N[C@H](C(=O)OC)Cc2ccc(C)c(c2)-c2cc1ccc2OC. The number of hydrogen-bond acceptors (Lipinski definition) is 10. The highest BCUT2D eigenvalue weighted by molar-refractivity contribution is 5.96. The summed E-state index contributed by atoms with van der Waals surface area (Å²) in [6.45, 7) is 7.39. The minimum Gasteiger partial charge on any atom is -0.496 e. The Labute approximate surface area is 409 Å². The molecule has 0 unspecified atom stereocenters. The zero-order valence-electron chi connectivity index (χ0n) is 42.2. The van der Waals surface area contributed by atoms with Crippen LogP contribution in [-0.2, 0) is 56.1 Å². The lowest BCUT2D eigenvalue weighted by molar-refractivity contribution is -0.145. The lowest BCUT2D eigenvalue weighted by Gasteiger charge is -2.30.